The lowest BCUT2D eigenvalue weighted by molar-refractivity contribution is -0.159. The lowest BCUT2D eigenvalue weighted by Gasteiger charge is -2.37. The van der Waals surface area contributed by atoms with E-state index in [1.54, 1.807) is 24.3 Å². The first-order valence-corrected chi connectivity index (χ1v) is 11.8. The van der Waals surface area contributed by atoms with Crippen LogP contribution in [0.5, 0.6) is 0 Å². The topological polar surface area (TPSA) is 84.9 Å². The molecule has 35 heavy (non-hydrogen) atoms. The number of nitrogens with one attached hydrogen (secondary N) is 1. The van der Waals surface area contributed by atoms with Crippen LogP contribution in [0.1, 0.15) is 43.9 Å². The van der Waals surface area contributed by atoms with Crippen molar-refractivity contribution in [2.24, 2.45) is 5.92 Å². The number of rotatable bonds is 10. The van der Waals surface area contributed by atoms with Crippen LogP contribution in [0.15, 0.2) is 84.9 Å². The highest BCUT2D eigenvalue weighted by Gasteiger charge is 2.48. The molecule has 0 saturated carbocycles. The van der Waals surface area contributed by atoms with Gasteiger partial charge in [-0.15, -0.1) is 0 Å². The van der Waals surface area contributed by atoms with Gasteiger partial charge in [0.25, 0.3) is 0 Å². The predicted molar refractivity (Wildman–Crippen MR) is 136 cm³/mol. The van der Waals surface area contributed by atoms with Crippen molar-refractivity contribution < 1.29 is 24.2 Å². The Morgan fingerprint density at radius 3 is 1.83 bits per heavy atom. The number of carbonyl (C=O) groups excluding carboxylic acids is 2. The molecule has 3 aromatic carbocycles. The summed E-state index contributed by atoms with van der Waals surface area (Å²) < 4.78 is 11.0. The Morgan fingerprint density at radius 2 is 1.34 bits per heavy atom. The molecule has 0 spiro atoms. The van der Waals surface area contributed by atoms with E-state index in [4.69, 9.17) is 9.47 Å². The first-order valence-electron chi connectivity index (χ1n) is 11.8. The summed E-state index contributed by atoms with van der Waals surface area (Å²) in [6.45, 7) is 5.90. The number of aliphatic hydroxyl groups excluding tert-OH is 1. The molecule has 0 aliphatic carbocycles. The summed E-state index contributed by atoms with van der Waals surface area (Å²) in [6.07, 6.45) is -1.18. The molecular weight excluding hydrogens is 442 g/mol. The van der Waals surface area contributed by atoms with E-state index in [0.29, 0.717) is 17.7 Å². The van der Waals surface area contributed by atoms with Crippen LogP contribution in [-0.4, -0.2) is 23.3 Å². The standard InChI is InChI=1S/C29H33NO5/c1-4-29(26(31)21(2)3,27(32)34-19-22-11-7-5-8-12-22)24-15-17-25(18-16-24)30-28(33)35-20-23-13-9-6-10-14-23/h5-18,21,26,31H,4,19-20H2,1-3H3,(H,30,33). The third-order valence-electron chi connectivity index (χ3n) is 6.13. The van der Waals surface area contributed by atoms with Crippen LogP contribution in [0.3, 0.4) is 0 Å². The minimum absolute atomic E-state index is 0.124. The van der Waals surface area contributed by atoms with Gasteiger partial charge in [0.2, 0.25) is 0 Å². The fourth-order valence-corrected chi connectivity index (χ4v) is 4.12. The normalized spacial score (nSPS) is 13.5. The molecule has 2 unspecified atom stereocenters. The summed E-state index contributed by atoms with van der Waals surface area (Å²) in [7, 11) is 0. The van der Waals surface area contributed by atoms with Gasteiger partial charge in [-0.25, -0.2) is 4.79 Å². The Hall–Kier alpha value is -3.64. The first kappa shape index (κ1) is 26.0. The van der Waals surface area contributed by atoms with Gasteiger partial charge in [-0.2, -0.15) is 0 Å². The van der Waals surface area contributed by atoms with Crippen molar-refractivity contribution >= 4 is 17.7 Å². The summed E-state index contributed by atoms with van der Waals surface area (Å²) in [6, 6.07) is 25.7. The van der Waals surface area contributed by atoms with E-state index in [9.17, 15) is 14.7 Å². The number of hydrogen-bond donors (Lipinski definition) is 2. The zero-order chi connectivity index (χ0) is 25.3. The third kappa shape index (κ3) is 6.49. The molecule has 3 aromatic rings. The second-order valence-corrected chi connectivity index (χ2v) is 8.84. The Labute approximate surface area is 206 Å². The minimum Gasteiger partial charge on any atom is -0.460 e. The lowest BCUT2D eigenvalue weighted by Crippen LogP contribution is -2.49. The fourth-order valence-electron chi connectivity index (χ4n) is 4.12. The van der Waals surface area contributed by atoms with Crippen molar-refractivity contribution in [1.29, 1.82) is 0 Å². The van der Waals surface area contributed by atoms with Crippen LogP contribution in [0.2, 0.25) is 0 Å². The van der Waals surface area contributed by atoms with Gasteiger partial charge >= 0.3 is 12.1 Å². The molecule has 0 bridgehead atoms. The zero-order valence-corrected chi connectivity index (χ0v) is 20.4. The van der Waals surface area contributed by atoms with Crippen molar-refractivity contribution in [2.75, 3.05) is 5.32 Å². The SMILES string of the molecule is CCC(C(=O)OCc1ccccc1)(c1ccc(NC(=O)OCc2ccccc2)cc1)C(O)C(C)C. The third-order valence-corrected chi connectivity index (χ3v) is 6.13. The maximum atomic E-state index is 13.4. The highest BCUT2D eigenvalue weighted by molar-refractivity contribution is 5.86. The number of ether oxygens (including phenoxy) is 2. The van der Waals surface area contributed by atoms with E-state index in [1.807, 2.05) is 81.4 Å². The molecule has 0 heterocycles. The van der Waals surface area contributed by atoms with E-state index in [2.05, 4.69) is 5.32 Å². The van der Waals surface area contributed by atoms with Gasteiger partial charge in [-0.3, -0.25) is 10.1 Å². The van der Waals surface area contributed by atoms with Crippen molar-refractivity contribution in [3.8, 4) is 0 Å². The number of benzene rings is 3. The van der Waals surface area contributed by atoms with Crippen molar-refractivity contribution in [1.82, 2.24) is 0 Å². The molecule has 184 valence electrons. The molecule has 6 nitrogen and oxygen atoms in total. The van der Waals surface area contributed by atoms with E-state index < -0.39 is 23.6 Å². The molecule has 0 fully saturated rings. The number of amides is 1. The molecule has 1 amide bonds. The first-order chi connectivity index (χ1) is 16.9. The monoisotopic (exact) mass is 475 g/mol. The summed E-state index contributed by atoms with van der Waals surface area (Å²) in [5.41, 5.74) is 1.67. The molecule has 2 N–H and O–H groups in total. The van der Waals surface area contributed by atoms with E-state index >= 15 is 0 Å². The Bertz CT molecular complexity index is 1080. The highest BCUT2D eigenvalue weighted by atomic mass is 16.5. The van der Waals surface area contributed by atoms with Gasteiger partial charge in [0.1, 0.15) is 18.6 Å². The van der Waals surface area contributed by atoms with Gasteiger partial charge in [-0.1, -0.05) is 93.6 Å². The smallest absolute Gasteiger partial charge is 0.411 e. The Balaban J connectivity index is 1.74. The molecular formula is C29H33NO5. The molecule has 0 aliphatic rings. The summed E-state index contributed by atoms with van der Waals surface area (Å²) in [4.78, 5) is 25.6. The predicted octanol–water partition coefficient (Wildman–Crippen LogP) is 5.84. The van der Waals surface area contributed by atoms with E-state index in [0.717, 1.165) is 11.1 Å². The number of anilines is 1. The summed E-state index contributed by atoms with van der Waals surface area (Å²) >= 11 is 0. The highest BCUT2D eigenvalue weighted by Crippen LogP contribution is 2.37. The quantitative estimate of drug-likeness (QED) is 0.360. The van der Waals surface area contributed by atoms with Crippen LogP contribution < -0.4 is 5.32 Å². The summed E-state index contributed by atoms with van der Waals surface area (Å²) in [5, 5.41) is 13.9. The molecule has 0 aromatic heterocycles. The zero-order valence-electron chi connectivity index (χ0n) is 20.4. The van der Waals surface area contributed by atoms with Gasteiger partial charge in [-0.05, 0) is 41.2 Å². The van der Waals surface area contributed by atoms with E-state index in [-0.39, 0.29) is 19.1 Å². The van der Waals surface area contributed by atoms with E-state index in [1.165, 1.54) is 0 Å². The molecule has 0 radical (unpaired) electrons. The largest absolute Gasteiger partial charge is 0.460 e. The van der Waals surface area contributed by atoms with Crippen LogP contribution in [0, 0.1) is 5.92 Å². The second-order valence-electron chi connectivity index (χ2n) is 8.84. The van der Waals surface area contributed by atoms with Gasteiger partial charge < -0.3 is 14.6 Å². The Kier molecular flexibility index (Phi) is 9.04. The van der Waals surface area contributed by atoms with Crippen LogP contribution >= 0.6 is 0 Å². The fraction of sp³-hybridized carbons (Fsp3) is 0.310. The second kappa shape index (κ2) is 12.2. The van der Waals surface area contributed by atoms with Gasteiger partial charge in [0.05, 0.1) is 6.10 Å². The average Bonchev–Trinajstić information content (AvgIpc) is 2.89. The van der Waals surface area contributed by atoms with Crippen molar-refractivity contribution in [3.05, 3.63) is 102 Å². The van der Waals surface area contributed by atoms with Crippen LogP contribution in [0.4, 0.5) is 10.5 Å². The molecule has 6 heteroatoms. The minimum atomic E-state index is -1.24. The van der Waals surface area contributed by atoms with Crippen molar-refractivity contribution in [3.63, 3.8) is 0 Å². The average molecular weight is 476 g/mol. The molecule has 0 aliphatic heterocycles. The number of hydrogen-bond acceptors (Lipinski definition) is 5. The maximum absolute atomic E-state index is 13.4. The number of esters is 1. The van der Waals surface area contributed by atoms with Crippen LogP contribution in [0.25, 0.3) is 0 Å². The number of aliphatic hydroxyl groups is 1. The summed E-state index contributed by atoms with van der Waals surface area (Å²) in [5.74, 6) is -0.655. The molecule has 0 saturated heterocycles. The van der Waals surface area contributed by atoms with Crippen LogP contribution in [-0.2, 0) is 32.9 Å². The van der Waals surface area contributed by atoms with Crippen molar-refractivity contribution in [2.45, 2.75) is 51.9 Å². The number of carbonyl (C=O) groups is 2. The Morgan fingerprint density at radius 1 is 0.829 bits per heavy atom. The maximum Gasteiger partial charge on any atom is 0.411 e. The molecule has 2 atom stereocenters. The van der Waals surface area contributed by atoms with Gasteiger partial charge in [0.15, 0.2) is 0 Å². The molecule has 3 rings (SSSR count). The van der Waals surface area contributed by atoms with Gasteiger partial charge in [0, 0.05) is 5.69 Å². The lowest BCUT2D eigenvalue weighted by atomic mass is 9.70.